The van der Waals surface area contributed by atoms with Crippen molar-refractivity contribution in [3.05, 3.63) is 12.2 Å². The normalized spacial score (nSPS) is 12.3. The quantitative estimate of drug-likeness (QED) is 0.0408. The smallest absolute Gasteiger partial charge is 0.306 e. The van der Waals surface area contributed by atoms with E-state index in [1.54, 1.807) is 0 Å². The lowest BCUT2D eigenvalue weighted by atomic mass is 10.0. The summed E-state index contributed by atoms with van der Waals surface area (Å²) in [5.41, 5.74) is 0. The highest BCUT2D eigenvalue weighted by Crippen LogP contribution is 2.16. The number of aliphatic hydroxyl groups excluding tert-OH is 1. The Balaban J connectivity index is 3.33. The number of hydrogen-bond donors (Lipinski definition) is 1. The van der Waals surface area contributed by atoms with Gasteiger partial charge in [0.05, 0.1) is 13.2 Å². The molecule has 0 heterocycles. The summed E-state index contributed by atoms with van der Waals surface area (Å²) in [6, 6.07) is 0. The molecule has 0 aromatic carbocycles. The summed E-state index contributed by atoms with van der Waals surface area (Å²) in [4.78, 5) is 12.1. The molecule has 0 spiro atoms. The van der Waals surface area contributed by atoms with Crippen molar-refractivity contribution in [2.45, 2.75) is 232 Å². The standard InChI is InChI=1S/C42H82O4/c1-3-5-7-9-11-13-15-16-17-18-19-20-21-22-23-24-25-26-28-30-32-34-36-38-45-40-41(39-43)46-42(44)37-35-33-31-29-27-14-12-10-8-6-4-2/h10,12,41,43H,3-9,11,13-40H2,1-2H3/b12-10-. The molecule has 0 aliphatic carbocycles. The van der Waals surface area contributed by atoms with E-state index >= 15 is 0 Å². The van der Waals surface area contributed by atoms with Crippen LogP contribution in [0.25, 0.3) is 0 Å². The van der Waals surface area contributed by atoms with Gasteiger partial charge in [-0.3, -0.25) is 4.79 Å². The van der Waals surface area contributed by atoms with Crippen LogP contribution in [0.4, 0.5) is 0 Å². The number of rotatable bonds is 39. The Morgan fingerprint density at radius 3 is 1.30 bits per heavy atom. The molecule has 4 nitrogen and oxygen atoms in total. The van der Waals surface area contributed by atoms with Gasteiger partial charge in [-0.15, -0.1) is 0 Å². The van der Waals surface area contributed by atoms with Crippen molar-refractivity contribution >= 4 is 5.97 Å². The lowest BCUT2D eigenvalue weighted by Gasteiger charge is -2.15. The average Bonchev–Trinajstić information content (AvgIpc) is 3.06. The molecule has 4 heteroatoms. The fraction of sp³-hybridized carbons (Fsp3) is 0.929. The molecule has 46 heavy (non-hydrogen) atoms. The van der Waals surface area contributed by atoms with Gasteiger partial charge in [0.25, 0.3) is 0 Å². The van der Waals surface area contributed by atoms with Crippen LogP contribution in [0.3, 0.4) is 0 Å². The molecule has 0 aromatic heterocycles. The molecule has 1 N–H and O–H groups in total. The Morgan fingerprint density at radius 1 is 0.500 bits per heavy atom. The third-order valence-corrected chi connectivity index (χ3v) is 9.34. The maximum Gasteiger partial charge on any atom is 0.306 e. The first-order chi connectivity index (χ1) is 22.7. The van der Waals surface area contributed by atoms with Crippen LogP contribution in [0.1, 0.15) is 226 Å². The second kappa shape index (κ2) is 40.3. The topological polar surface area (TPSA) is 55.8 Å². The molecule has 0 fully saturated rings. The number of ether oxygens (including phenoxy) is 2. The molecule has 0 amide bonds. The monoisotopic (exact) mass is 651 g/mol. The molecule has 0 bridgehead atoms. The Morgan fingerprint density at radius 2 is 0.870 bits per heavy atom. The highest BCUT2D eigenvalue weighted by molar-refractivity contribution is 5.69. The first kappa shape index (κ1) is 45.1. The van der Waals surface area contributed by atoms with Crippen LogP contribution in [0.5, 0.6) is 0 Å². The minimum atomic E-state index is -0.531. The van der Waals surface area contributed by atoms with Crippen molar-refractivity contribution in [2.24, 2.45) is 0 Å². The van der Waals surface area contributed by atoms with E-state index < -0.39 is 6.10 Å². The summed E-state index contributed by atoms with van der Waals surface area (Å²) < 4.78 is 11.1. The Hall–Kier alpha value is -0.870. The van der Waals surface area contributed by atoms with Crippen LogP contribution >= 0.6 is 0 Å². The van der Waals surface area contributed by atoms with Crippen molar-refractivity contribution < 1.29 is 19.4 Å². The molecule has 1 unspecified atom stereocenters. The largest absolute Gasteiger partial charge is 0.457 e. The Kier molecular flexibility index (Phi) is 39.5. The van der Waals surface area contributed by atoms with E-state index in [0.717, 1.165) is 19.3 Å². The van der Waals surface area contributed by atoms with Gasteiger partial charge in [-0.05, 0) is 32.1 Å². The van der Waals surface area contributed by atoms with Crippen LogP contribution in [0, 0.1) is 0 Å². The van der Waals surface area contributed by atoms with E-state index in [9.17, 15) is 9.90 Å². The van der Waals surface area contributed by atoms with Crippen molar-refractivity contribution in [3.8, 4) is 0 Å². The molecule has 274 valence electrons. The van der Waals surface area contributed by atoms with Gasteiger partial charge in [-0.1, -0.05) is 199 Å². The highest BCUT2D eigenvalue weighted by atomic mass is 16.6. The molecule has 1 atom stereocenters. The van der Waals surface area contributed by atoms with E-state index in [2.05, 4.69) is 26.0 Å². The van der Waals surface area contributed by atoms with E-state index in [1.165, 1.54) is 186 Å². The van der Waals surface area contributed by atoms with Gasteiger partial charge >= 0.3 is 5.97 Å². The van der Waals surface area contributed by atoms with Crippen LogP contribution < -0.4 is 0 Å². The van der Waals surface area contributed by atoms with Crippen LogP contribution in [0.15, 0.2) is 12.2 Å². The zero-order valence-corrected chi connectivity index (χ0v) is 31.4. The van der Waals surface area contributed by atoms with E-state index in [0.29, 0.717) is 19.6 Å². The molecule has 0 saturated carbocycles. The predicted octanol–water partition coefficient (Wildman–Crippen LogP) is 13.4. The average molecular weight is 651 g/mol. The number of carbonyl (C=O) groups is 1. The third-order valence-electron chi connectivity index (χ3n) is 9.34. The summed E-state index contributed by atoms with van der Waals surface area (Å²) in [6.07, 6.45) is 47.1. The van der Waals surface area contributed by atoms with E-state index in [4.69, 9.17) is 9.47 Å². The highest BCUT2D eigenvalue weighted by Gasteiger charge is 2.13. The number of esters is 1. The molecular weight excluding hydrogens is 568 g/mol. The van der Waals surface area contributed by atoms with Crippen LogP contribution in [-0.2, 0) is 14.3 Å². The minimum Gasteiger partial charge on any atom is -0.457 e. The maximum absolute atomic E-state index is 12.1. The fourth-order valence-electron chi connectivity index (χ4n) is 6.19. The fourth-order valence-corrected chi connectivity index (χ4v) is 6.19. The van der Waals surface area contributed by atoms with Gasteiger partial charge in [0.15, 0.2) is 0 Å². The number of unbranched alkanes of at least 4 members (excludes halogenated alkanes) is 29. The van der Waals surface area contributed by atoms with Gasteiger partial charge in [-0.2, -0.15) is 0 Å². The third kappa shape index (κ3) is 37.6. The van der Waals surface area contributed by atoms with Crippen molar-refractivity contribution in [1.29, 1.82) is 0 Å². The number of aliphatic hydroxyl groups is 1. The van der Waals surface area contributed by atoms with Gasteiger partial charge in [-0.25, -0.2) is 0 Å². The van der Waals surface area contributed by atoms with Crippen LogP contribution in [-0.4, -0.2) is 37.0 Å². The molecule has 0 aromatic rings. The van der Waals surface area contributed by atoms with Gasteiger partial charge in [0.2, 0.25) is 0 Å². The summed E-state index contributed by atoms with van der Waals surface area (Å²) in [7, 11) is 0. The first-order valence-corrected chi connectivity index (χ1v) is 20.8. The number of carbonyl (C=O) groups excluding carboxylic acids is 1. The van der Waals surface area contributed by atoms with Gasteiger partial charge in [0, 0.05) is 13.0 Å². The second-order valence-electron chi connectivity index (χ2n) is 14.1. The molecule has 0 aliphatic heterocycles. The van der Waals surface area contributed by atoms with Crippen molar-refractivity contribution in [2.75, 3.05) is 19.8 Å². The Bertz CT molecular complexity index is 604. The van der Waals surface area contributed by atoms with Crippen LogP contribution in [0.2, 0.25) is 0 Å². The SMILES string of the molecule is CCCC/C=C\CCCCCCCC(=O)OC(CO)COCCCCCCCCCCCCCCCCCCCCCCCCC. The summed E-state index contributed by atoms with van der Waals surface area (Å²) in [5, 5.41) is 9.56. The molecule has 0 saturated heterocycles. The number of hydrogen-bond acceptors (Lipinski definition) is 4. The van der Waals surface area contributed by atoms with Crippen molar-refractivity contribution in [3.63, 3.8) is 0 Å². The molecule has 0 aliphatic rings. The molecule has 0 radical (unpaired) electrons. The van der Waals surface area contributed by atoms with Crippen molar-refractivity contribution in [1.82, 2.24) is 0 Å². The van der Waals surface area contributed by atoms with Gasteiger partial charge in [0.1, 0.15) is 6.10 Å². The summed E-state index contributed by atoms with van der Waals surface area (Å²) in [5.74, 6) is -0.207. The van der Waals surface area contributed by atoms with Gasteiger partial charge < -0.3 is 14.6 Å². The summed E-state index contributed by atoms with van der Waals surface area (Å²) >= 11 is 0. The molecule has 0 rings (SSSR count). The second-order valence-corrected chi connectivity index (χ2v) is 14.1. The number of allylic oxidation sites excluding steroid dienone is 2. The lowest BCUT2D eigenvalue weighted by molar-refractivity contribution is -0.154. The zero-order chi connectivity index (χ0) is 33.4. The zero-order valence-electron chi connectivity index (χ0n) is 31.4. The predicted molar refractivity (Wildman–Crippen MR) is 201 cm³/mol. The van der Waals surface area contributed by atoms with E-state index in [-0.39, 0.29) is 12.6 Å². The lowest BCUT2D eigenvalue weighted by Crippen LogP contribution is -2.27. The Labute approximate surface area is 288 Å². The molecular formula is C42H82O4. The van der Waals surface area contributed by atoms with E-state index in [1.807, 2.05) is 0 Å². The summed E-state index contributed by atoms with van der Waals surface area (Å²) in [6.45, 7) is 5.34. The minimum absolute atomic E-state index is 0.170. The first-order valence-electron chi connectivity index (χ1n) is 20.8. The maximum atomic E-state index is 12.1.